The summed E-state index contributed by atoms with van der Waals surface area (Å²) in [6.07, 6.45) is -0.0223. The lowest BCUT2D eigenvalue weighted by Gasteiger charge is -2.16. The number of rotatable bonds is 3. The summed E-state index contributed by atoms with van der Waals surface area (Å²) in [6.45, 7) is 2.86. The van der Waals surface area contributed by atoms with Gasteiger partial charge in [0.25, 0.3) is 0 Å². The van der Waals surface area contributed by atoms with E-state index in [-0.39, 0.29) is 6.09 Å². The zero-order valence-corrected chi connectivity index (χ0v) is 6.83. The molecule has 11 heavy (non-hydrogen) atoms. The number of carbonyl (C=O) groups excluding carboxylic acids is 1. The zero-order chi connectivity index (χ0) is 8.69. The Hall–Kier alpha value is -1.24. The molecule has 0 atom stereocenters. The van der Waals surface area contributed by atoms with E-state index in [0.29, 0.717) is 19.5 Å². The number of hydrogen-bond acceptors (Lipinski definition) is 3. The van der Waals surface area contributed by atoms with E-state index in [9.17, 15) is 4.79 Å². The normalized spacial score (nSPS) is 8.45. The van der Waals surface area contributed by atoms with Gasteiger partial charge in [0.2, 0.25) is 0 Å². The van der Waals surface area contributed by atoms with Gasteiger partial charge in [0.05, 0.1) is 19.6 Å². The van der Waals surface area contributed by atoms with Crippen LogP contribution in [0.15, 0.2) is 0 Å². The molecule has 0 saturated carbocycles. The number of amides is 1. The monoisotopic (exact) mass is 156 g/mol. The van der Waals surface area contributed by atoms with E-state index < -0.39 is 0 Å². The van der Waals surface area contributed by atoms with Crippen LogP contribution >= 0.6 is 0 Å². The predicted molar refractivity (Wildman–Crippen MR) is 39.9 cm³/mol. The minimum atomic E-state index is -0.372. The molecule has 0 spiro atoms. The van der Waals surface area contributed by atoms with Crippen LogP contribution in [0.25, 0.3) is 0 Å². The van der Waals surface area contributed by atoms with E-state index in [1.54, 1.807) is 0 Å². The minimum Gasteiger partial charge on any atom is -0.453 e. The van der Waals surface area contributed by atoms with Crippen LogP contribution in [0.3, 0.4) is 0 Å². The summed E-state index contributed by atoms with van der Waals surface area (Å²) in [6, 6.07) is 1.96. The lowest BCUT2D eigenvalue weighted by Crippen LogP contribution is -2.31. The van der Waals surface area contributed by atoms with E-state index in [0.717, 1.165) is 0 Å². The molecule has 0 aliphatic carbocycles. The van der Waals surface area contributed by atoms with Crippen LogP contribution in [0.1, 0.15) is 13.3 Å². The molecular formula is C7H12N2O2. The summed E-state index contributed by atoms with van der Waals surface area (Å²) < 4.78 is 4.48. The highest BCUT2D eigenvalue weighted by Crippen LogP contribution is 1.93. The lowest BCUT2D eigenvalue weighted by molar-refractivity contribution is 0.126. The van der Waals surface area contributed by atoms with Crippen LogP contribution < -0.4 is 0 Å². The van der Waals surface area contributed by atoms with Gasteiger partial charge in [-0.2, -0.15) is 5.26 Å². The van der Waals surface area contributed by atoms with Crippen LogP contribution in [0.4, 0.5) is 4.79 Å². The van der Waals surface area contributed by atoms with Crippen molar-refractivity contribution in [2.75, 3.05) is 20.2 Å². The van der Waals surface area contributed by atoms with Crippen molar-refractivity contribution in [2.24, 2.45) is 0 Å². The molecule has 0 aromatic rings. The van der Waals surface area contributed by atoms with Gasteiger partial charge in [-0.3, -0.25) is 0 Å². The Morgan fingerprint density at radius 1 is 1.73 bits per heavy atom. The molecule has 0 rings (SSSR count). The van der Waals surface area contributed by atoms with Crippen LogP contribution in [0.5, 0.6) is 0 Å². The molecule has 4 heteroatoms. The average Bonchev–Trinajstić information content (AvgIpc) is 2.05. The van der Waals surface area contributed by atoms with Crippen molar-refractivity contribution in [3.05, 3.63) is 0 Å². The van der Waals surface area contributed by atoms with Crippen LogP contribution in [-0.4, -0.2) is 31.2 Å². The molecule has 0 bridgehead atoms. The molecule has 0 N–H and O–H groups in total. The van der Waals surface area contributed by atoms with Crippen LogP contribution in [0.2, 0.25) is 0 Å². The third-order valence-electron chi connectivity index (χ3n) is 1.31. The summed E-state index contributed by atoms with van der Waals surface area (Å²) in [5.41, 5.74) is 0. The van der Waals surface area contributed by atoms with Crippen molar-refractivity contribution < 1.29 is 9.53 Å². The second-order valence-corrected chi connectivity index (χ2v) is 1.96. The van der Waals surface area contributed by atoms with Gasteiger partial charge in [-0.1, -0.05) is 0 Å². The number of ether oxygens (including phenoxy) is 1. The van der Waals surface area contributed by atoms with Crippen molar-refractivity contribution in [1.29, 1.82) is 5.26 Å². The van der Waals surface area contributed by atoms with E-state index >= 15 is 0 Å². The van der Waals surface area contributed by atoms with E-state index in [4.69, 9.17) is 5.26 Å². The van der Waals surface area contributed by atoms with Gasteiger partial charge in [0, 0.05) is 13.1 Å². The third-order valence-corrected chi connectivity index (χ3v) is 1.31. The molecule has 0 radical (unpaired) electrons. The zero-order valence-electron chi connectivity index (χ0n) is 6.83. The standard InChI is InChI=1S/C7H12N2O2/c1-3-9(6-4-5-8)7(10)11-2/h3-4,6H2,1-2H3. The Bertz CT molecular complexity index is 162. The van der Waals surface area contributed by atoms with Crippen molar-refractivity contribution in [3.63, 3.8) is 0 Å². The summed E-state index contributed by atoms with van der Waals surface area (Å²) in [5.74, 6) is 0. The van der Waals surface area contributed by atoms with Gasteiger partial charge >= 0.3 is 6.09 Å². The highest BCUT2D eigenvalue weighted by atomic mass is 16.5. The molecule has 0 unspecified atom stereocenters. The Morgan fingerprint density at radius 2 is 2.36 bits per heavy atom. The first kappa shape index (κ1) is 9.76. The van der Waals surface area contributed by atoms with Gasteiger partial charge in [-0.15, -0.1) is 0 Å². The fourth-order valence-electron chi connectivity index (χ4n) is 0.693. The number of carbonyl (C=O) groups is 1. The molecule has 0 aliphatic rings. The first-order valence-corrected chi connectivity index (χ1v) is 3.46. The van der Waals surface area contributed by atoms with E-state index in [1.165, 1.54) is 12.0 Å². The summed E-state index contributed by atoms with van der Waals surface area (Å²) >= 11 is 0. The average molecular weight is 156 g/mol. The maximum absolute atomic E-state index is 10.8. The van der Waals surface area contributed by atoms with Crippen LogP contribution in [-0.2, 0) is 4.74 Å². The quantitative estimate of drug-likeness (QED) is 0.612. The van der Waals surface area contributed by atoms with E-state index in [2.05, 4.69) is 4.74 Å². The first-order valence-electron chi connectivity index (χ1n) is 3.46. The van der Waals surface area contributed by atoms with Gasteiger partial charge in [-0.05, 0) is 6.92 Å². The van der Waals surface area contributed by atoms with Gasteiger partial charge in [0.15, 0.2) is 0 Å². The van der Waals surface area contributed by atoms with Gasteiger partial charge in [-0.25, -0.2) is 4.79 Å². The Labute approximate surface area is 66.4 Å². The molecule has 4 nitrogen and oxygen atoms in total. The van der Waals surface area contributed by atoms with Crippen molar-refractivity contribution in [2.45, 2.75) is 13.3 Å². The fraction of sp³-hybridized carbons (Fsp3) is 0.714. The number of nitrogens with zero attached hydrogens (tertiary/aromatic N) is 2. The van der Waals surface area contributed by atoms with Crippen molar-refractivity contribution >= 4 is 6.09 Å². The molecule has 0 fully saturated rings. The highest BCUT2D eigenvalue weighted by molar-refractivity contribution is 5.67. The molecule has 0 aliphatic heterocycles. The molecule has 62 valence electrons. The largest absolute Gasteiger partial charge is 0.453 e. The number of hydrogen-bond donors (Lipinski definition) is 0. The summed E-state index contributed by atoms with van der Waals surface area (Å²) in [4.78, 5) is 12.3. The second-order valence-electron chi connectivity index (χ2n) is 1.96. The van der Waals surface area contributed by atoms with Gasteiger partial charge in [0.1, 0.15) is 0 Å². The Morgan fingerprint density at radius 3 is 2.73 bits per heavy atom. The molecule has 1 amide bonds. The van der Waals surface area contributed by atoms with Crippen molar-refractivity contribution in [3.8, 4) is 6.07 Å². The smallest absolute Gasteiger partial charge is 0.409 e. The van der Waals surface area contributed by atoms with E-state index in [1.807, 2.05) is 13.0 Å². The molecule has 0 aromatic heterocycles. The molecule has 0 saturated heterocycles. The molecular weight excluding hydrogens is 144 g/mol. The van der Waals surface area contributed by atoms with Crippen molar-refractivity contribution in [1.82, 2.24) is 4.90 Å². The number of methoxy groups -OCH3 is 1. The minimum absolute atomic E-state index is 0.350. The first-order chi connectivity index (χ1) is 5.26. The summed E-state index contributed by atoms with van der Waals surface area (Å²) in [5, 5.41) is 8.24. The second kappa shape index (κ2) is 5.54. The fourth-order valence-corrected chi connectivity index (χ4v) is 0.693. The third kappa shape index (κ3) is 3.46. The van der Waals surface area contributed by atoms with Crippen LogP contribution in [0, 0.1) is 11.3 Å². The Kier molecular flexibility index (Phi) is 4.91. The lowest BCUT2D eigenvalue weighted by atomic mass is 10.4. The maximum atomic E-state index is 10.8. The predicted octanol–water partition coefficient (Wildman–Crippen LogP) is 0.988. The Balaban J connectivity index is 3.77. The molecule has 0 heterocycles. The summed E-state index contributed by atoms with van der Waals surface area (Å²) in [7, 11) is 1.33. The van der Waals surface area contributed by atoms with Gasteiger partial charge < -0.3 is 9.64 Å². The topological polar surface area (TPSA) is 53.3 Å². The SMILES string of the molecule is CCN(CCC#N)C(=O)OC. The molecule has 0 aromatic carbocycles. The number of nitriles is 1. The maximum Gasteiger partial charge on any atom is 0.409 e. The highest BCUT2D eigenvalue weighted by Gasteiger charge is 2.09.